The van der Waals surface area contributed by atoms with Crippen LogP contribution in [-0.2, 0) is 4.79 Å². The van der Waals surface area contributed by atoms with Crippen molar-refractivity contribution in [2.45, 2.75) is 51.2 Å². The third-order valence-electron chi connectivity index (χ3n) is 5.24. The van der Waals surface area contributed by atoms with Gasteiger partial charge in [-0.15, -0.1) is 0 Å². The van der Waals surface area contributed by atoms with Crippen molar-refractivity contribution < 1.29 is 24.4 Å². The molecule has 1 atom stereocenters. The van der Waals surface area contributed by atoms with Crippen LogP contribution in [0.4, 0.5) is 5.69 Å². The van der Waals surface area contributed by atoms with Gasteiger partial charge >= 0.3 is 5.97 Å². The lowest BCUT2D eigenvalue weighted by Crippen LogP contribution is -2.30. The minimum absolute atomic E-state index is 0.100. The van der Waals surface area contributed by atoms with Crippen molar-refractivity contribution in [3.63, 3.8) is 0 Å². The molecule has 0 heterocycles. The van der Waals surface area contributed by atoms with Gasteiger partial charge in [0.15, 0.2) is 0 Å². The molecule has 0 radical (unpaired) electrons. The molecule has 0 spiro atoms. The Morgan fingerprint density at radius 1 is 1.20 bits per heavy atom. The van der Waals surface area contributed by atoms with Crippen LogP contribution >= 0.6 is 0 Å². The number of carboxylic acids is 1. The summed E-state index contributed by atoms with van der Waals surface area (Å²) in [6, 6.07) is 10.6. The van der Waals surface area contributed by atoms with Gasteiger partial charge in [0.2, 0.25) is 0 Å². The van der Waals surface area contributed by atoms with E-state index >= 15 is 0 Å². The Morgan fingerprint density at radius 2 is 1.87 bits per heavy atom. The largest absolute Gasteiger partial charge is 0.490 e. The lowest BCUT2D eigenvalue weighted by molar-refractivity contribution is -0.385. The SMILES string of the molecule is Cc1cccc(C(=O)N[C@@H](CC(=O)O)c2ccc(OC3CCCC3)cc2)c1[N+](=O)[O-]. The van der Waals surface area contributed by atoms with Gasteiger partial charge in [-0.25, -0.2) is 0 Å². The van der Waals surface area contributed by atoms with E-state index < -0.39 is 22.8 Å². The predicted molar refractivity (Wildman–Crippen MR) is 110 cm³/mol. The predicted octanol–water partition coefficient (Wildman–Crippen LogP) is 4.17. The highest BCUT2D eigenvalue weighted by molar-refractivity contribution is 5.99. The lowest BCUT2D eigenvalue weighted by Gasteiger charge is -2.19. The molecule has 1 aliphatic rings. The molecule has 1 amide bonds. The molecule has 30 heavy (non-hydrogen) atoms. The zero-order chi connectivity index (χ0) is 21.7. The molecule has 0 bridgehead atoms. The Kier molecular flexibility index (Phi) is 6.66. The van der Waals surface area contributed by atoms with Crippen LogP contribution in [0, 0.1) is 17.0 Å². The quantitative estimate of drug-likeness (QED) is 0.496. The number of hydrogen-bond acceptors (Lipinski definition) is 5. The van der Waals surface area contributed by atoms with E-state index in [0.717, 1.165) is 25.7 Å². The molecule has 1 fully saturated rings. The van der Waals surface area contributed by atoms with Crippen LogP contribution in [0.2, 0.25) is 0 Å². The molecule has 0 aromatic heterocycles. The molecular formula is C22H24N2O6. The van der Waals surface area contributed by atoms with Crippen LogP contribution in [0.1, 0.15) is 59.6 Å². The molecule has 1 aliphatic carbocycles. The van der Waals surface area contributed by atoms with Gasteiger partial charge in [0.25, 0.3) is 11.6 Å². The molecule has 2 N–H and O–H groups in total. The van der Waals surface area contributed by atoms with Crippen molar-refractivity contribution in [3.8, 4) is 5.75 Å². The Labute approximate surface area is 174 Å². The number of benzene rings is 2. The van der Waals surface area contributed by atoms with Crippen LogP contribution in [0.15, 0.2) is 42.5 Å². The van der Waals surface area contributed by atoms with Crippen LogP contribution in [0.3, 0.4) is 0 Å². The van der Waals surface area contributed by atoms with E-state index in [-0.39, 0.29) is 23.8 Å². The molecular weight excluding hydrogens is 388 g/mol. The van der Waals surface area contributed by atoms with Crippen molar-refractivity contribution >= 4 is 17.6 Å². The second kappa shape index (κ2) is 9.39. The fourth-order valence-corrected chi connectivity index (χ4v) is 3.72. The highest BCUT2D eigenvalue weighted by Crippen LogP contribution is 2.27. The summed E-state index contributed by atoms with van der Waals surface area (Å²) in [7, 11) is 0. The highest BCUT2D eigenvalue weighted by Gasteiger charge is 2.26. The average molecular weight is 412 g/mol. The van der Waals surface area contributed by atoms with Gasteiger partial charge in [-0.1, -0.05) is 24.3 Å². The standard InChI is InChI=1S/C22H24N2O6/c1-14-5-4-8-18(21(14)24(28)29)22(27)23-19(13-20(25)26)15-9-11-17(12-10-15)30-16-6-2-3-7-16/h4-5,8-12,16,19H,2-3,6-7,13H2,1H3,(H,23,27)(H,25,26)/t19-/m0/s1. The van der Waals surface area contributed by atoms with Gasteiger partial charge in [0.05, 0.1) is 23.5 Å². The number of nitrogens with one attached hydrogen (secondary N) is 1. The number of aliphatic carboxylic acids is 1. The smallest absolute Gasteiger partial charge is 0.305 e. The second-order valence-electron chi connectivity index (χ2n) is 7.45. The third kappa shape index (κ3) is 5.14. The molecule has 2 aromatic carbocycles. The van der Waals surface area contributed by atoms with Gasteiger partial charge in [0.1, 0.15) is 11.3 Å². The third-order valence-corrected chi connectivity index (χ3v) is 5.24. The van der Waals surface area contributed by atoms with E-state index in [1.807, 2.05) is 0 Å². The van der Waals surface area contributed by atoms with Gasteiger partial charge in [-0.05, 0) is 56.4 Å². The fraction of sp³-hybridized carbons (Fsp3) is 0.364. The van der Waals surface area contributed by atoms with Crippen LogP contribution in [0.5, 0.6) is 5.75 Å². The maximum atomic E-state index is 12.8. The molecule has 2 aromatic rings. The summed E-state index contributed by atoms with van der Waals surface area (Å²) in [5.41, 5.74) is 0.552. The Morgan fingerprint density at radius 3 is 2.47 bits per heavy atom. The number of amides is 1. The summed E-state index contributed by atoms with van der Waals surface area (Å²) < 4.78 is 5.92. The number of nitrogens with zero attached hydrogens (tertiary/aromatic N) is 1. The number of nitro benzene ring substituents is 1. The zero-order valence-corrected chi connectivity index (χ0v) is 16.7. The molecule has 8 heteroatoms. The van der Waals surface area contributed by atoms with E-state index in [1.165, 1.54) is 6.07 Å². The molecule has 3 rings (SSSR count). The number of para-hydroxylation sites is 1. The summed E-state index contributed by atoms with van der Waals surface area (Å²) in [4.78, 5) is 34.9. The number of nitro groups is 1. The maximum absolute atomic E-state index is 12.8. The summed E-state index contributed by atoms with van der Waals surface area (Å²) in [5, 5.41) is 23.3. The number of rotatable bonds is 8. The number of carboxylic acid groups (broad SMARTS) is 1. The summed E-state index contributed by atoms with van der Waals surface area (Å²) in [6.07, 6.45) is 4.20. The fourth-order valence-electron chi connectivity index (χ4n) is 3.72. The van der Waals surface area contributed by atoms with Crippen molar-refractivity contribution in [3.05, 3.63) is 69.3 Å². The topological polar surface area (TPSA) is 119 Å². The maximum Gasteiger partial charge on any atom is 0.305 e. The van der Waals surface area contributed by atoms with Crippen molar-refractivity contribution in [1.29, 1.82) is 0 Å². The lowest BCUT2D eigenvalue weighted by atomic mass is 10.0. The van der Waals surface area contributed by atoms with Gasteiger partial charge in [-0.2, -0.15) is 0 Å². The van der Waals surface area contributed by atoms with E-state index in [0.29, 0.717) is 16.9 Å². The van der Waals surface area contributed by atoms with Crippen LogP contribution in [0.25, 0.3) is 0 Å². The van der Waals surface area contributed by atoms with Gasteiger partial charge < -0.3 is 15.2 Å². The first kappa shape index (κ1) is 21.3. The van der Waals surface area contributed by atoms with E-state index in [1.54, 1.807) is 43.3 Å². The number of carbonyl (C=O) groups is 2. The summed E-state index contributed by atoms with van der Waals surface area (Å²) in [6.45, 7) is 1.55. The molecule has 8 nitrogen and oxygen atoms in total. The molecule has 0 unspecified atom stereocenters. The number of aryl methyl sites for hydroxylation is 1. The first-order chi connectivity index (χ1) is 14.3. The van der Waals surface area contributed by atoms with Crippen molar-refractivity contribution in [2.24, 2.45) is 0 Å². The number of ether oxygens (including phenoxy) is 1. The van der Waals surface area contributed by atoms with E-state index in [4.69, 9.17) is 4.74 Å². The van der Waals surface area contributed by atoms with Gasteiger partial charge in [-0.3, -0.25) is 19.7 Å². The Balaban J connectivity index is 1.79. The van der Waals surface area contributed by atoms with E-state index in [2.05, 4.69) is 5.32 Å². The van der Waals surface area contributed by atoms with Gasteiger partial charge in [0, 0.05) is 5.56 Å². The Hall–Kier alpha value is -3.42. The first-order valence-electron chi connectivity index (χ1n) is 9.88. The Bertz CT molecular complexity index is 935. The average Bonchev–Trinajstić information content (AvgIpc) is 3.20. The molecule has 158 valence electrons. The van der Waals surface area contributed by atoms with E-state index in [9.17, 15) is 24.8 Å². The molecule has 0 saturated heterocycles. The number of hydrogen-bond donors (Lipinski definition) is 2. The number of carbonyl (C=O) groups excluding carboxylic acids is 1. The summed E-state index contributed by atoms with van der Waals surface area (Å²) >= 11 is 0. The monoisotopic (exact) mass is 412 g/mol. The first-order valence-corrected chi connectivity index (χ1v) is 9.88. The summed E-state index contributed by atoms with van der Waals surface area (Å²) in [5.74, 6) is -1.09. The second-order valence-corrected chi connectivity index (χ2v) is 7.45. The van der Waals surface area contributed by atoms with Crippen molar-refractivity contribution in [1.82, 2.24) is 5.32 Å². The minimum atomic E-state index is -1.09. The molecule has 0 aliphatic heterocycles. The normalized spacial score (nSPS) is 14.8. The highest BCUT2D eigenvalue weighted by atomic mass is 16.6. The van der Waals surface area contributed by atoms with Crippen LogP contribution in [-0.4, -0.2) is 28.0 Å². The van der Waals surface area contributed by atoms with Crippen LogP contribution < -0.4 is 10.1 Å². The zero-order valence-electron chi connectivity index (χ0n) is 16.7. The minimum Gasteiger partial charge on any atom is -0.490 e. The van der Waals surface area contributed by atoms with Crippen molar-refractivity contribution in [2.75, 3.05) is 0 Å². The molecule has 1 saturated carbocycles.